The molecule has 8 rings (SSSR count). The van der Waals surface area contributed by atoms with Gasteiger partial charge in [0.1, 0.15) is 41.8 Å². The second-order valence-electron chi connectivity index (χ2n) is 16.4. The first kappa shape index (κ1) is 38.0. The highest BCUT2D eigenvalue weighted by Crippen LogP contribution is 2.46. The van der Waals surface area contributed by atoms with E-state index in [1.807, 2.05) is 86.9 Å². The fourth-order valence-corrected chi connectivity index (χ4v) is 10.3. The molecule has 2 aromatic carbocycles. The molecule has 2 aromatic rings. The average molecular weight is 800 g/mol. The number of fused-ring (bicyclic) bond motifs is 7. The van der Waals surface area contributed by atoms with Crippen molar-refractivity contribution >= 4 is 51.1 Å². The van der Waals surface area contributed by atoms with E-state index in [4.69, 9.17) is 9.57 Å². The Morgan fingerprint density at radius 1 is 1.07 bits per heavy atom. The number of hydrogen-bond acceptors (Lipinski definition) is 10. The Bertz CT molecular complexity index is 2210. The summed E-state index contributed by atoms with van der Waals surface area (Å²) in [5, 5.41) is 11.2. The van der Waals surface area contributed by atoms with Crippen LogP contribution in [0.15, 0.2) is 83.9 Å². The van der Waals surface area contributed by atoms with Crippen LogP contribution in [0.4, 0.5) is 0 Å². The van der Waals surface area contributed by atoms with Crippen molar-refractivity contribution in [2.75, 3.05) is 13.2 Å². The van der Waals surface area contributed by atoms with Crippen LogP contribution in [-0.4, -0.2) is 90.0 Å². The molecule has 3 N–H and O–H groups in total. The molecule has 56 heavy (non-hydrogen) atoms. The van der Waals surface area contributed by atoms with Crippen molar-refractivity contribution in [2.24, 2.45) is 22.4 Å². The van der Waals surface area contributed by atoms with E-state index in [0.717, 1.165) is 22.3 Å². The number of sulfonamides is 1. The SMILES string of the molecule is C=C[C@@H]1C[C@]1(NC(=O)[C@@H]1C[C@@H]2CN1C(=O)[C@H](C(C)(C)C)NC(=O)C1SC=CC1/C=C/COc1ccc3c(c1)/C(=N/O2)c1ccccc1-3)C(=O)NS(=O)(=O)C1CC1. The third kappa shape index (κ3) is 7.04. The minimum atomic E-state index is -3.90. The topological polar surface area (TPSA) is 173 Å². The maximum Gasteiger partial charge on any atom is 0.259 e. The Labute approximate surface area is 330 Å². The van der Waals surface area contributed by atoms with E-state index >= 15 is 0 Å². The molecular weight excluding hydrogens is 755 g/mol. The minimum absolute atomic E-state index is 0.0168. The Balaban J connectivity index is 1.15. The van der Waals surface area contributed by atoms with E-state index in [0.29, 0.717) is 24.3 Å². The Hall–Kier alpha value is -4.89. The van der Waals surface area contributed by atoms with Gasteiger partial charge in [-0.3, -0.25) is 23.9 Å². The van der Waals surface area contributed by atoms with Crippen molar-refractivity contribution in [3.05, 3.63) is 89.9 Å². The monoisotopic (exact) mass is 799 g/mol. The van der Waals surface area contributed by atoms with E-state index in [9.17, 15) is 27.6 Å². The largest absolute Gasteiger partial charge is 0.490 e. The maximum atomic E-state index is 14.8. The molecule has 3 fully saturated rings. The Morgan fingerprint density at radius 2 is 1.82 bits per heavy atom. The first-order chi connectivity index (χ1) is 26.7. The molecule has 294 valence electrons. The van der Waals surface area contributed by atoms with Crippen molar-refractivity contribution in [1.29, 1.82) is 0 Å². The number of ether oxygens (including phenoxy) is 1. The van der Waals surface area contributed by atoms with Crippen molar-refractivity contribution in [1.82, 2.24) is 20.3 Å². The number of hydrogen-bond donors (Lipinski definition) is 3. The fourth-order valence-electron chi connectivity index (χ4n) is 7.93. The molecule has 2 unspecified atom stereocenters. The van der Waals surface area contributed by atoms with Gasteiger partial charge in [0.2, 0.25) is 27.7 Å². The van der Waals surface area contributed by atoms with Crippen LogP contribution in [0, 0.1) is 17.3 Å². The Morgan fingerprint density at radius 3 is 2.54 bits per heavy atom. The van der Waals surface area contributed by atoms with Gasteiger partial charge in [-0.25, -0.2) is 8.42 Å². The number of carbonyl (C=O) groups is 4. The predicted octanol–water partition coefficient (Wildman–Crippen LogP) is 3.80. The molecule has 0 radical (unpaired) electrons. The number of carbonyl (C=O) groups excluding carboxylic acids is 4. The summed E-state index contributed by atoms with van der Waals surface area (Å²) in [5.41, 5.74) is 1.85. The van der Waals surface area contributed by atoms with Crippen LogP contribution in [0.1, 0.15) is 57.6 Å². The molecule has 0 spiro atoms. The summed E-state index contributed by atoms with van der Waals surface area (Å²) in [6.45, 7) is 9.55. The van der Waals surface area contributed by atoms with Gasteiger partial charge in [0.15, 0.2) is 0 Å². The van der Waals surface area contributed by atoms with E-state index in [-0.39, 0.29) is 37.8 Å². The lowest BCUT2D eigenvalue weighted by atomic mass is 9.85. The van der Waals surface area contributed by atoms with Gasteiger partial charge >= 0.3 is 0 Å². The molecule has 13 nitrogen and oxygen atoms in total. The maximum absolute atomic E-state index is 14.8. The zero-order valence-corrected chi connectivity index (χ0v) is 33.0. The summed E-state index contributed by atoms with van der Waals surface area (Å²) >= 11 is 1.36. The molecule has 0 aromatic heterocycles. The van der Waals surface area contributed by atoms with E-state index in [2.05, 4.69) is 27.1 Å². The lowest BCUT2D eigenvalue weighted by Gasteiger charge is -2.36. The Kier molecular flexibility index (Phi) is 9.67. The fraction of sp³-hybridized carbons (Fsp3) is 0.439. The van der Waals surface area contributed by atoms with E-state index < -0.39 is 73.3 Å². The van der Waals surface area contributed by atoms with Gasteiger partial charge < -0.3 is 25.1 Å². The molecule has 3 heterocycles. The van der Waals surface area contributed by atoms with Crippen LogP contribution in [-0.2, 0) is 34.0 Å². The van der Waals surface area contributed by atoms with Gasteiger partial charge in [-0.05, 0) is 59.4 Å². The molecule has 2 saturated carbocycles. The van der Waals surface area contributed by atoms with Crippen LogP contribution in [0.3, 0.4) is 0 Å². The predicted molar refractivity (Wildman–Crippen MR) is 212 cm³/mol. The zero-order chi connectivity index (χ0) is 39.6. The highest BCUT2D eigenvalue weighted by atomic mass is 32.2. The summed E-state index contributed by atoms with van der Waals surface area (Å²) in [5.74, 6) is -2.45. The number of nitrogens with one attached hydrogen (secondary N) is 3. The highest BCUT2D eigenvalue weighted by molar-refractivity contribution is 8.03. The summed E-state index contributed by atoms with van der Waals surface area (Å²) in [6.07, 6.45) is 7.59. The quantitative estimate of drug-likeness (QED) is 0.314. The molecule has 3 aliphatic carbocycles. The van der Waals surface area contributed by atoms with Gasteiger partial charge in [0.25, 0.3) is 5.91 Å². The summed E-state index contributed by atoms with van der Waals surface area (Å²) < 4.78 is 33.8. The number of benzene rings is 2. The van der Waals surface area contributed by atoms with E-state index in [1.165, 1.54) is 22.7 Å². The first-order valence-electron chi connectivity index (χ1n) is 18.9. The first-order valence-corrected chi connectivity index (χ1v) is 21.4. The number of rotatable bonds is 6. The molecule has 6 aliphatic rings. The standard InChI is InChI=1S/C41H45N5O8S2/c1-5-24-21-41(24,39(50)45-56(51,52)27-13-14-27)43-36(47)32-20-26-22-46(32)38(49)35(40(2,3)4)42-37(48)34-23(16-18-55-34)9-8-17-53-25-12-15-29-28-10-6-7-11-30(28)33(44-54-26)31(29)19-25/h5-12,15-16,18-19,23-24,26-27,32,34-35H,1,13-14,17,20-22H2,2-4H3,(H,42,48)(H,43,47)(H,45,50)/b9-8+,44-33+/t23?,24-,26-,32+,34?,35-,41-/m1/s1. The van der Waals surface area contributed by atoms with Gasteiger partial charge in [-0.1, -0.05) is 74.5 Å². The van der Waals surface area contributed by atoms with Crippen LogP contribution in [0.25, 0.3) is 11.1 Å². The summed E-state index contributed by atoms with van der Waals surface area (Å²) in [4.78, 5) is 64.3. The molecular formula is C41H45N5O8S2. The number of allylic oxidation sites excluding steroid dienone is 2. The number of amides is 4. The highest BCUT2D eigenvalue weighted by Gasteiger charge is 2.62. The molecule has 7 atom stereocenters. The smallest absolute Gasteiger partial charge is 0.259 e. The number of thioether (sulfide) groups is 1. The van der Waals surface area contributed by atoms with E-state index in [1.54, 1.807) is 0 Å². The second-order valence-corrected chi connectivity index (χ2v) is 19.4. The van der Waals surface area contributed by atoms with Crippen LogP contribution in [0.5, 0.6) is 5.75 Å². The lowest BCUT2D eigenvalue weighted by Crippen LogP contribution is -2.60. The third-order valence-electron chi connectivity index (χ3n) is 11.3. The number of oxime groups is 1. The molecule has 15 heteroatoms. The van der Waals surface area contributed by atoms with Gasteiger partial charge in [0.05, 0.1) is 17.0 Å². The minimum Gasteiger partial charge on any atom is -0.490 e. The van der Waals surface area contributed by atoms with Crippen molar-refractivity contribution in [2.45, 2.75) is 80.7 Å². The van der Waals surface area contributed by atoms with Crippen LogP contribution in [0.2, 0.25) is 0 Å². The summed E-state index contributed by atoms with van der Waals surface area (Å²) in [6, 6.07) is 11.4. The van der Waals surface area contributed by atoms with Crippen molar-refractivity contribution < 1.29 is 37.2 Å². The molecule has 4 bridgehead atoms. The number of nitrogens with zero attached hydrogens (tertiary/aromatic N) is 2. The normalized spacial score (nSPS) is 31.1. The molecule has 4 amide bonds. The van der Waals surface area contributed by atoms with Crippen molar-refractivity contribution in [3.8, 4) is 16.9 Å². The van der Waals surface area contributed by atoms with Crippen molar-refractivity contribution in [3.63, 3.8) is 0 Å². The molecule has 3 aliphatic heterocycles. The average Bonchev–Trinajstić information content (AvgIpc) is 4.01. The van der Waals surface area contributed by atoms with Gasteiger partial charge in [0, 0.05) is 29.4 Å². The van der Waals surface area contributed by atoms with Gasteiger partial charge in [-0.2, -0.15) is 0 Å². The second kappa shape index (κ2) is 14.2. The van der Waals surface area contributed by atoms with Gasteiger partial charge in [-0.15, -0.1) is 18.3 Å². The molecule has 1 saturated heterocycles. The third-order valence-corrected chi connectivity index (χ3v) is 14.3. The van der Waals surface area contributed by atoms with Crippen LogP contribution >= 0.6 is 11.8 Å². The zero-order valence-electron chi connectivity index (χ0n) is 31.4. The van der Waals surface area contributed by atoms with Crippen LogP contribution < -0.4 is 20.1 Å². The summed E-state index contributed by atoms with van der Waals surface area (Å²) in [7, 11) is -3.90. The lowest BCUT2D eigenvalue weighted by molar-refractivity contribution is -0.144.